The van der Waals surface area contributed by atoms with E-state index in [4.69, 9.17) is 26.8 Å². The van der Waals surface area contributed by atoms with E-state index < -0.39 is 5.97 Å². The first-order valence-electron chi connectivity index (χ1n) is 8.57. The van der Waals surface area contributed by atoms with Crippen molar-refractivity contribution in [3.63, 3.8) is 0 Å². The largest absolute Gasteiger partial charge is 0.496 e. The summed E-state index contributed by atoms with van der Waals surface area (Å²) in [5.41, 5.74) is 6.16. The molecule has 7 heteroatoms. The number of hydrogen-bond acceptors (Lipinski definition) is 5. The molecule has 0 radical (unpaired) electrons. The first kappa shape index (κ1) is 19.4. The van der Waals surface area contributed by atoms with Crippen molar-refractivity contribution >= 4 is 29.2 Å². The summed E-state index contributed by atoms with van der Waals surface area (Å²) < 4.78 is 10.3. The molecule has 0 heterocycles. The highest BCUT2D eigenvalue weighted by Gasteiger charge is 2.25. The zero-order valence-electron chi connectivity index (χ0n) is 14.7. The molecule has 6 nitrogen and oxygen atoms in total. The molecule has 1 fully saturated rings. The third-order valence-corrected chi connectivity index (χ3v) is 4.87. The van der Waals surface area contributed by atoms with Gasteiger partial charge in [0.1, 0.15) is 11.3 Å². The van der Waals surface area contributed by atoms with Crippen molar-refractivity contribution in [3.05, 3.63) is 22.7 Å². The summed E-state index contributed by atoms with van der Waals surface area (Å²) in [7, 11) is 1.42. The van der Waals surface area contributed by atoms with Crippen LogP contribution in [0.4, 0.5) is 5.69 Å². The van der Waals surface area contributed by atoms with Gasteiger partial charge in [-0.2, -0.15) is 0 Å². The SMILES string of the molecule is CCN(C(=O)COC(=O)c1cc(Cl)c(N)cc1OC)C1CCCCC1. The number of benzene rings is 1. The van der Waals surface area contributed by atoms with Crippen molar-refractivity contribution in [2.24, 2.45) is 0 Å². The maximum atomic E-state index is 12.5. The summed E-state index contributed by atoms with van der Waals surface area (Å²) in [6.45, 7) is 2.25. The first-order chi connectivity index (χ1) is 12.0. The van der Waals surface area contributed by atoms with Crippen LogP contribution in [0.5, 0.6) is 5.75 Å². The minimum Gasteiger partial charge on any atom is -0.496 e. The van der Waals surface area contributed by atoms with Gasteiger partial charge in [-0.05, 0) is 25.8 Å². The second-order valence-electron chi connectivity index (χ2n) is 6.12. The molecule has 1 amide bonds. The van der Waals surface area contributed by atoms with Gasteiger partial charge in [0.05, 0.1) is 17.8 Å². The second kappa shape index (κ2) is 8.94. The van der Waals surface area contributed by atoms with E-state index in [2.05, 4.69) is 0 Å². The van der Waals surface area contributed by atoms with Crippen LogP contribution in [0.15, 0.2) is 12.1 Å². The summed E-state index contributed by atoms with van der Waals surface area (Å²) in [6.07, 6.45) is 5.50. The summed E-state index contributed by atoms with van der Waals surface area (Å²) in [4.78, 5) is 26.6. The van der Waals surface area contributed by atoms with Gasteiger partial charge in [-0.1, -0.05) is 30.9 Å². The fraction of sp³-hybridized carbons (Fsp3) is 0.556. The van der Waals surface area contributed by atoms with Crippen LogP contribution in [0.2, 0.25) is 5.02 Å². The number of rotatable bonds is 6. The van der Waals surface area contributed by atoms with Gasteiger partial charge >= 0.3 is 5.97 Å². The Morgan fingerprint density at radius 3 is 2.56 bits per heavy atom. The molecule has 25 heavy (non-hydrogen) atoms. The molecule has 0 saturated heterocycles. The first-order valence-corrected chi connectivity index (χ1v) is 8.95. The van der Waals surface area contributed by atoms with E-state index in [1.54, 1.807) is 4.90 Å². The number of carbonyl (C=O) groups is 2. The zero-order chi connectivity index (χ0) is 18.4. The quantitative estimate of drug-likeness (QED) is 0.615. The zero-order valence-corrected chi connectivity index (χ0v) is 15.5. The molecular formula is C18H25ClN2O4. The van der Waals surface area contributed by atoms with Gasteiger partial charge in [0.25, 0.3) is 5.91 Å². The van der Waals surface area contributed by atoms with Gasteiger partial charge in [0.15, 0.2) is 6.61 Å². The molecule has 0 spiro atoms. The molecule has 0 aliphatic heterocycles. The van der Waals surface area contributed by atoms with Crippen molar-refractivity contribution in [1.82, 2.24) is 4.90 Å². The van der Waals surface area contributed by atoms with E-state index in [0.29, 0.717) is 12.2 Å². The van der Waals surface area contributed by atoms with Gasteiger partial charge in [-0.3, -0.25) is 4.79 Å². The predicted molar refractivity (Wildman–Crippen MR) is 97.0 cm³/mol. The predicted octanol–water partition coefficient (Wildman–Crippen LogP) is 3.27. The molecule has 1 aromatic rings. The molecule has 0 unspecified atom stereocenters. The van der Waals surface area contributed by atoms with Crippen LogP contribution in [0.3, 0.4) is 0 Å². The number of anilines is 1. The number of nitrogens with zero attached hydrogens (tertiary/aromatic N) is 1. The van der Waals surface area contributed by atoms with E-state index in [-0.39, 0.29) is 34.9 Å². The Morgan fingerprint density at radius 1 is 1.28 bits per heavy atom. The Bertz CT molecular complexity index is 630. The van der Waals surface area contributed by atoms with Crippen molar-refractivity contribution in [2.45, 2.75) is 45.1 Å². The van der Waals surface area contributed by atoms with E-state index in [9.17, 15) is 9.59 Å². The number of hydrogen-bond donors (Lipinski definition) is 1. The molecule has 138 valence electrons. The number of nitrogens with two attached hydrogens (primary N) is 1. The van der Waals surface area contributed by atoms with Crippen LogP contribution < -0.4 is 10.5 Å². The number of nitrogen functional groups attached to an aromatic ring is 1. The maximum absolute atomic E-state index is 12.5. The van der Waals surface area contributed by atoms with E-state index in [1.165, 1.54) is 25.7 Å². The molecule has 0 bridgehead atoms. The fourth-order valence-corrected chi connectivity index (χ4v) is 3.38. The fourth-order valence-electron chi connectivity index (χ4n) is 3.22. The number of carbonyl (C=O) groups excluding carboxylic acids is 2. The lowest BCUT2D eigenvalue weighted by atomic mass is 9.94. The van der Waals surface area contributed by atoms with Crippen LogP contribution >= 0.6 is 11.6 Å². The van der Waals surface area contributed by atoms with E-state index >= 15 is 0 Å². The summed E-state index contributed by atoms with van der Waals surface area (Å²) >= 11 is 5.96. The number of ether oxygens (including phenoxy) is 2. The Hall–Kier alpha value is -1.95. The van der Waals surface area contributed by atoms with E-state index in [1.807, 2.05) is 6.92 Å². The van der Waals surface area contributed by atoms with E-state index in [0.717, 1.165) is 25.7 Å². The van der Waals surface area contributed by atoms with Gasteiger partial charge in [-0.25, -0.2) is 4.79 Å². The lowest BCUT2D eigenvalue weighted by Gasteiger charge is -2.33. The van der Waals surface area contributed by atoms with Crippen LogP contribution in [-0.2, 0) is 9.53 Å². The molecule has 0 aromatic heterocycles. The van der Waals surface area contributed by atoms with Crippen molar-refractivity contribution in [3.8, 4) is 5.75 Å². The number of halogens is 1. The minimum absolute atomic E-state index is 0.148. The molecule has 0 atom stereocenters. The number of likely N-dealkylation sites (N-methyl/N-ethyl adjacent to an activating group) is 1. The summed E-state index contributed by atoms with van der Waals surface area (Å²) in [6, 6.07) is 3.09. The number of amides is 1. The number of esters is 1. The highest BCUT2D eigenvalue weighted by atomic mass is 35.5. The summed E-state index contributed by atoms with van der Waals surface area (Å²) in [5, 5.41) is 0.233. The Balaban J connectivity index is 2.01. The highest BCUT2D eigenvalue weighted by molar-refractivity contribution is 6.33. The maximum Gasteiger partial charge on any atom is 0.342 e. The van der Waals surface area contributed by atoms with Crippen molar-refractivity contribution in [2.75, 3.05) is 26.0 Å². The molecule has 2 N–H and O–H groups in total. The Kier molecular flexibility index (Phi) is 6.93. The highest BCUT2D eigenvalue weighted by Crippen LogP contribution is 2.29. The van der Waals surface area contributed by atoms with Crippen LogP contribution in [-0.4, -0.2) is 43.1 Å². The van der Waals surface area contributed by atoms with Gasteiger partial charge in [0, 0.05) is 18.7 Å². The van der Waals surface area contributed by atoms with Crippen LogP contribution in [0.1, 0.15) is 49.4 Å². The molecular weight excluding hydrogens is 344 g/mol. The second-order valence-corrected chi connectivity index (χ2v) is 6.53. The van der Waals surface area contributed by atoms with Crippen LogP contribution in [0, 0.1) is 0 Å². The Morgan fingerprint density at radius 2 is 1.96 bits per heavy atom. The third kappa shape index (κ3) is 4.78. The molecule has 2 rings (SSSR count). The third-order valence-electron chi connectivity index (χ3n) is 4.54. The smallest absolute Gasteiger partial charge is 0.342 e. The minimum atomic E-state index is -0.660. The average molecular weight is 369 g/mol. The van der Waals surface area contributed by atoms with Gasteiger partial charge < -0.3 is 20.1 Å². The molecule has 1 aliphatic rings. The lowest BCUT2D eigenvalue weighted by Crippen LogP contribution is -2.43. The standard InChI is InChI=1S/C18H25ClN2O4/c1-3-21(12-7-5-4-6-8-12)17(22)11-25-18(23)13-9-14(19)15(20)10-16(13)24-2/h9-10,12H,3-8,11,20H2,1-2H3. The van der Waals surface area contributed by atoms with Gasteiger partial charge in [-0.15, -0.1) is 0 Å². The summed E-state index contributed by atoms with van der Waals surface area (Å²) in [5.74, 6) is -0.575. The van der Waals surface area contributed by atoms with Crippen molar-refractivity contribution < 1.29 is 19.1 Å². The lowest BCUT2D eigenvalue weighted by molar-refractivity contribution is -0.137. The molecule has 1 saturated carbocycles. The monoisotopic (exact) mass is 368 g/mol. The Labute approximate surface area is 153 Å². The molecule has 1 aliphatic carbocycles. The van der Waals surface area contributed by atoms with Gasteiger partial charge in [0.2, 0.25) is 0 Å². The molecule has 1 aromatic carbocycles. The number of methoxy groups -OCH3 is 1. The topological polar surface area (TPSA) is 81.9 Å². The average Bonchev–Trinajstić information content (AvgIpc) is 2.63. The van der Waals surface area contributed by atoms with Crippen LogP contribution in [0.25, 0.3) is 0 Å². The normalized spacial score (nSPS) is 14.8. The van der Waals surface area contributed by atoms with Crippen molar-refractivity contribution in [1.29, 1.82) is 0 Å².